The van der Waals surface area contributed by atoms with Crippen molar-refractivity contribution in [2.45, 2.75) is 130 Å². The second-order valence-corrected chi connectivity index (χ2v) is 9.97. The minimum Gasteiger partial charge on any atom is -0.317 e. The van der Waals surface area contributed by atoms with Gasteiger partial charge in [0.1, 0.15) is 13.1 Å². The van der Waals surface area contributed by atoms with Crippen molar-refractivity contribution in [3.05, 3.63) is 24.3 Å². The van der Waals surface area contributed by atoms with Crippen molar-refractivity contribution in [2.24, 2.45) is 0 Å². The van der Waals surface area contributed by atoms with Gasteiger partial charge in [0, 0.05) is 0 Å². The third-order valence-electron chi connectivity index (χ3n) is 6.18. The highest BCUT2D eigenvalue weighted by Gasteiger charge is 2.26. The molecule has 29 heavy (non-hydrogen) atoms. The summed E-state index contributed by atoms with van der Waals surface area (Å²) in [6.07, 6.45) is 22.5. The maximum atomic E-state index is 4.27. The van der Waals surface area contributed by atoms with Gasteiger partial charge in [-0.2, -0.15) is 0 Å². The fourth-order valence-corrected chi connectivity index (χ4v) is 4.79. The molecule has 0 spiro atoms. The van der Waals surface area contributed by atoms with Crippen LogP contribution in [-0.2, 0) is 0 Å². The van der Waals surface area contributed by atoms with Crippen LogP contribution in [0.15, 0.2) is 24.3 Å². The monoisotopic (exact) mass is 406 g/mol. The first kappa shape index (κ1) is 28.4. The second-order valence-electron chi connectivity index (χ2n) is 9.97. The summed E-state index contributed by atoms with van der Waals surface area (Å²) < 4.78 is 1.20. The van der Waals surface area contributed by atoms with Crippen molar-refractivity contribution in [1.82, 2.24) is 0 Å². The van der Waals surface area contributed by atoms with E-state index in [0.717, 1.165) is 13.1 Å². The van der Waals surface area contributed by atoms with Gasteiger partial charge in [0.15, 0.2) is 0 Å². The van der Waals surface area contributed by atoms with Crippen LogP contribution in [0.4, 0.5) is 0 Å². The molecule has 0 N–H and O–H groups in total. The van der Waals surface area contributed by atoms with E-state index in [2.05, 4.69) is 40.9 Å². The second kappa shape index (κ2) is 19.4. The third-order valence-corrected chi connectivity index (χ3v) is 6.18. The van der Waals surface area contributed by atoms with E-state index >= 15 is 0 Å². The molecule has 1 heteroatoms. The summed E-state index contributed by atoms with van der Waals surface area (Å²) in [4.78, 5) is 0. The van der Waals surface area contributed by atoms with Crippen LogP contribution in [0.5, 0.6) is 0 Å². The van der Waals surface area contributed by atoms with Crippen molar-refractivity contribution in [2.75, 3.05) is 26.2 Å². The summed E-state index contributed by atoms with van der Waals surface area (Å²) in [7, 11) is 0. The van der Waals surface area contributed by atoms with E-state index in [1.807, 2.05) is 0 Å². The lowest BCUT2D eigenvalue weighted by Gasteiger charge is -2.39. The molecular weight excluding hydrogens is 350 g/mol. The molecule has 0 aliphatic heterocycles. The van der Waals surface area contributed by atoms with E-state index in [0.29, 0.717) is 0 Å². The molecule has 0 radical (unpaired) electrons. The standard InChI is InChI=1S/C28H56N/c1-7-9-11-13-15-17-19-21-23-29(25-27(3)4,26-28(5)6)24-22-20-18-16-14-12-10-8-2/h3,5,7-26H2,1-2,4,6H3/q+1. The zero-order valence-electron chi connectivity index (χ0n) is 21.0. The molecule has 0 fully saturated rings. The number of unbranched alkanes of at least 4 members (excludes halogenated alkanes) is 14. The molecule has 0 atom stereocenters. The van der Waals surface area contributed by atoms with Crippen molar-refractivity contribution in [3.63, 3.8) is 0 Å². The lowest BCUT2D eigenvalue weighted by molar-refractivity contribution is -0.920. The van der Waals surface area contributed by atoms with Gasteiger partial charge in [-0.05, 0) is 50.7 Å². The Hall–Kier alpha value is -0.560. The molecule has 0 bridgehead atoms. The minimum absolute atomic E-state index is 1.14. The Kier molecular flexibility index (Phi) is 19.0. The molecule has 0 unspecified atom stereocenters. The van der Waals surface area contributed by atoms with Crippen LogP contribution >= 0.6 is 0 Å². The molecular formula is C28H56N+. The van der Waals surface area contributed by atoms with Crippen molar-refractivity contribution >= 4 is 0 Å². The Bertz CT molecular complexity index is 357. The summed E-state index contributed by atoms with van der Waals surface area (Å²) in [6, 6.07) is 0. The van der Waals surface area contributed by atoms with Gasteiger partial charge in [-0.15, -0.1) is 0 Å². The van der Waals surface area contributed by atoms with E-state index in [4.69, 9.17) is 0 Å². The van der Waals surface area contributed by atoms with E-state index < -0.39 is 0 Å². The zero-order chi connectivity index (χ0) is 21.8. The van der Waals surface area contributed by atoms with Crippen LogP contribution in [0.2, 0.25) is 0 Å². The van der Waals surface area contributed by atoms with Gasteiger partial charge in [-0.1, -0.05) is 104 Å². The van der Waals surface area contributed by atoms with Gasteiger partial charge in [-0.3, -0.25) is 0 Å². The Morgan fingerprint density at radius 1 is 0.483 bits per heavy atom. The summed E-state index contributed by atoms with van der Waals surface area (Å²) in [6.45, 7) is 22.5. The van der Waals surface area contributed by atoms with Crippen LogP contribution in [0, 0.1) is 0 Å². The van der Waals surface area contributed by atoms with Crippen LogP contribution in [0.25, 0.3) is 0 Å². The number of hydrogen-bond donors (Lipinski definition) is 0. The molecule has 1 nitrogen and oxygen atoms in total. The molecule has 0 saturated heterocycles. The van der Waals surface area contributed by atoms with Crippen molar-refractivity contribution < 1.29 is 4.48 Å². The largest absolute Gasteiger partial charge is 0.317 e. The Labute approximate surface area is 185 Å². The Balaban J connectivity index is 4.37. The number of rotatable bonds is 22. The Morgan fingerprint density at radius 2 is 0.759 bits per heavy atom. The summed E-state index contributed by atoms with van der Waals surface area (Å²) >= 11 is 0. The van der Waals surface area contributed by atoms with Gasteiger partial charge in [-0.25, -0.2) is 0 Å². The zero-order valence-corrected chi connectivity index (χ0v) is 21.0. The molecule has 0 aromatic carbocycles. The van der Waals surface area contributed by atoms with Crippen LogP contribution in [-0.4, -0.2) is 30.7 Å². The summed E-state index contributed by atoms with van der Waals surface area (Å²) in [5, 5.41) is 0. The first-order chi connectivity index (χ1) is 14.0. The fraction of sp³-hybridized carbons (Fsp3) is 0.857. The Morgan fingerprint density at radius 3 is 1.03 bits per heavy atom. The first-order valence-corrected chi connectivity index (χ1v) is 13.1. The molecule has 0 amide bonds. The lowest BCUT2D eigenvalue weighted by atomic mass is 10.0. The van der Waals surface area contributed by atoms with Crippen molar-refractivity contribution in [3.8, 4) is 0 Å². The molecule has 0 saturated carbocycles. The molecule has 0 rings (SSSR count). The highest BCUT2D eigenvalue weighted by Crippen LogP contribution is 2.20. The predicted molar refractivity (Wildman–Crippen MR) is 135 cm³/mol. The van der Waals surface area contributed by atoms with E-state index in [9.17, 15) is 0 Å². The number of hydrogen-bond acceptors (Lipinski definition) is 0. The quantitative estimate of drug-likeness (QED) is 0.0954. The fourth-order valence-electron chi connectivity index (χ4n) is 4.79. The smallest absolute Gasteiger partial charge is 0.100 e. The third kappa shape index (κ3) is 18.0. The van der Waals surface area contributed by atoms with Gasteiger partial charge in [0.25, 0.3) is 0 Å². The maximum absolute atomic E-state index is 4.27. The number of quaternary nitrogens is 1. The molecule has 0 aliphatic rings. The van der Waals surface area contributed by atoms with Gasteiger partial charge in [0.2, 0.25) is 0 Å². The summed E-state index contributed by atoms with van der Waals surface area (Å²) in [5.41, 5.74) is 2.68. The maximum Gasteiger partial charge on any atom is 0.100 e. The topological polar surface area (TPSA) is 0 Å². The normalized spacial score (nSPS) is 11.7. The van der Waals surface area contributed by atoms with E-state index in [1.165, 1.54) is 131 Å². The van der Waals surface area contributed by atoms with E-state index in [1.54, 1.807) is 0 Å². The van der Waals surface area contributed by atoms with Gasteiger partial charge < -0.3 is 4.48 Å². The lowest BCUT2D eigenvalue weighted by Crippen LogP contribution is -2.51. The van der Waals surface area contributed by atoms with Crippen LogP contribution in [0.1, 0.15) is 130 Å². The minimum atomic E-state index is 1.14. The van der Waals surface area contributed by atoms with Crippen molar-refractivity contribution in [1.29, 1.82) is 0 Å². The average Bonchev–Trinajstić information content (AvgIpc) is 2.65. The summed E-state index contributed by atoms with van der Waals surface area (Å²) in [5.74, 6) is 0. The highest BCUT2D eigenvalue weighted by atomic mass is 15.3. The molecule has 0 aromatic heterocycles. The van der Waals surface area contributed by atoms with Crippen LogP contribution in [0.3, 0.4) is 0 Å². The van der Waals surface area contributed by atoms with Gasteiger partial charge in [0.05, 0.1) is 13.1 Å². The SMILES string of the molecule is C=C(C)C[N+](CCCCCCCCCC)(CCCCCCCCCC)CC(=C)C. The molecule has 0 heterocycles. The first-order valence-electron chi connectivity index (χ1n) is 13.1. The molecule has 172 valence electrons. The molecule has 0 aromatic rings. The van der Waals surface area contributed by atoms with Crippen LogP contribution < -0.4 is 0 Å². The highest BCUT2D eigenvalue weighted by molar-refractivity contribution is 4.92. The van der Waals surface area contributed by atoms with Gasteiger partial charge >= 0.3 is 0 Å². The predicted octanol–water partition coefficient (Wildman–Crippen LogP) is 9.24. The number of nitrogens with zero attached hydrogens (tertiary/aromatic N) is 1. The average molecular weight is 407 g/mol. The van der Waals surface area contributed by atoms with E-state index in [-0.39, 0.29) is 0 Å². The molecule has 0 aliphatic carbocycles.